The van der Waals surface area contributed by atoms with Crippen molar-refractivity contribution in [1.29, 1.82) is 0 Å². The van der Waals surface area contributed by atoms with Crippen molar-refractivity contribution >= 4 is 22.1 Å². The Hall–Kier alpha value is -1.71. The second kappa shape index (κ2) is 5.11. The summed E-state index contributed by atoms with van der Waals surface area (Å²) >= 11 is 1.65. The van der Waals surface area contributed by atoms with Gasteiger partial charge in [-0.25, -0.2) is 4.98 Å². The largest absolute Gasteiger partial charge is 0.396 e. The molecule has 0 aliphatic rings. The molecule has 0 saturated heterocycles. The first-order valence-electron chi connectivity index (χ1n) is 6.32. The maximum atomic E-state index is 8.95. The number of aliphatic hydroxyl groups is 1. The van der Waals surface area contributed by atoms with Crippen molar-refractivity contribution in [1.82, 2.24) is 4.98 Å². The quantitative estimate of drug-likeness (QED) is 0.784. The van der Waals surface area contributed by atoms with Crippen LogP contribution in [0.15, 0.2) is 42.6 Å². The first-order chi connectivity index (χ1) is 9.26. The van der Waals surface area contributed by atoms with Crippen LogP contribution < -0.4 is 0 Å². The first kappa shape index (κ1) is 12.3. The van der Waals surface area contributed by atoms with E-state index in [4.69, 9.17) is 5.11 Å². The molecular weight excluding hydrogens is 254 g/mol. The van der Waals surface area contributed by atoms with E-state index in [1.807, 2.05) is 6.20 Å². The molecule has 0 aliphatic carbocycles. The highest BCUT2D eigenvalue weighted by Gasteiger charge is 2.05. The van der Waals surface area contributed by atoms with E-state index in [0.29, 0.717) is 6.42 Å². The maximum Gasteiger partial charge on any atom is 0.123 e. The fourth-order valence-corrected chi connectivity index (χ4v) is 3.06. The molecule has 3 heteroatoms. The van der Waals surface area contributed by atoms with Crippen LogP contribution in [0.4, 0.5) is 0 Å². The number of hydrogen-bond donors (Lipinski definition) is 1. The van der Waals surface area contributed by atoms with Crippen LogP contribution in [0, 0.1) is 6.92 Å². The van der Waals surface area contributed by atoms with Crippen LogP contribution >= 0.6 is 11.3 Å². The summed E-state index contributed by atoms with van der Waals surface area (Å²) in [5.41, 5.74) is 2.42. The van der Waals surface area contributed by atoms with E-state index in [2.05, 4.69) is 48.3 Å². The van der Waals surface area contributed by atoms with Gasteiger partial charge in [-0.2, -0.15) is 0 Å². The molecule has 0 spiro atoms. The molecule has 0 bridgehead atoms. The molecule has 96 valence electrons. The maximum absolute atomic E-state index is 8.95. The van der Waals surface area contributed by atoms with Crippen molar-refractivity contribution in [3.05, 3.63) is 53.0 Å². The molecule has 0 aliphatic heterocycles. The van der Waals surface area contributed by atoms with Crippen LogP contribution in [-0.2, 0) is 6.42 Å². The van der Waals surface area contributed by atoms with Crippen LogP contribution in [-0.4, -0.2) is 16.7 Å². The van der Waals surface area contributed by atoms with Crippen LogP contribution in [0.2, 0.25) is 0 Å². The van der Waals surface area contributed by atoms with E-state index in [1.165, 1.54) is 16.3 Å². The third-order valence-electron chi connectivity index (χ3n) is 3.15. The number of aryl methyl sites for hydroxylation is 1. The van der Waals surface area contributed by atoms with E-state index >= 15 is 0 Å². The number of hydrogen-bond acceptors (Lipinski definition) is 3. The zero-order chi connectivity index (χ0) is 13.2. The number of thiazole rings is 1. The summed E-state index contributed by atoms with van der Waals surface area (Å²) in [5.74, 6) is 0. The van der Waals surface area contributed by atoms with Crippen LogP contribution in [0.25, 0.3) is 21.3 Å². The van der Waals surface area contributed by atoms with Gasteiger partial charge >= 0.3 is 0 Å². The van der Waals surface area contributed by atoms with Gasteiger partial charge in [0.2, 0.25) is 0 Å². The third kappa shape index (κ3) is 2.53. The molecular formula is C16H15NOS. The highest BCUT2D eigenvalue weighted by atomic mass is 32.1. The van der Waals surface area contributed by atoms with Crippen molar-refractivity contribution in [3.8, 4) is 10.6 Å². The van der Waals surface area contributed by atoms with Gasteiger partial charge in [-0.15, -0.1) is 11.3 Å². The van der Waals surface area contributed by atoms with Gasteiger partial charge in [0, 0.05) is 29.7 Å². The molecule has 0 atom stereocenters. The van der Waals surface area contributed by atoms with E-state index in [1.54, 1.807) is 11.3 Å². The topological polar surface area (TPSA) is 33.1 Å². The first-order valence-corrected chi connectivity index (χ1v) is 7.14. The number of benzene rings is 2. The molecule has 1 N–H and O–H groups in total. The standard InChI is InChI=1S/C16H15NOS/c1-11-2-3-13-9-14(5-4-12(13)8-11)16-17-10-15(19-16)6-7-18/h2-5,8-10,18H,6-7H2,1H3. The molecule has 1 heterocycles. The molecule has 19 heavy (non-hydrogen) atoms. The second-order valence-corrected chi connectivity index (χ2v) is 5.79. The molecule has 1 aromatic heterocycles. The van der Waals surface area contributed by atoms with Gasteiger partial charge in [-0.3, -0.25) is 0 Å². The van der Waals surface area contributed by atoms with E-state index in [9.17, 15) is 0 Å². The lowest BCUT2D eigenvalue weighted by Crippen LogP contribution is -1.84. The number of aromatic nitrogens is 1. The minimum Gasteiger partial charge on any atom is -0.396 e. The zero-order valence-corrected chi connectivity index (χ0v) is 11.6. The summed E-state index contributed by atoms with van der Waals surface area (Å²) in [5, 5.41) is 12.5. The molecule has 0 radical (unpaired) electrons. The minimum atomic E-state index is 0.179. The molecule has 2 nitrogen and oxygen atoms in total. The average Bonchev–Trinajstić information content (AvgIpc) is 2.87. The summed E-state index contributed by atoms with van der Waals surface area (Å²) in [4.78, 5) is 5.56. The summed E-state index contributed by atoms with van der Waals surface area (Å²) in [6.07, 6.45) is 2.54. The zero-order valence-electron chi connectivity index (χ0n) is 10.8. The lowest BCUT2D eigenvalue weighted by Gasteiger charge is -2.02. The predicted octanol–water partition coefficient (Wildman–Crippen LogP) is 3.81. The number of fused-ring (bicyclic) bond motifs is 1. The van der Waals surface area contributed by atoms with Crippen LogP contribution in [0.3, 0.4) is 0 Å². The van der Waals surface area contributed by atoms with Gasteiger partial charge in [-0.1, -0.05) is 35.9 Å². The Bertz CT molecular complexity index is 718. The van der Waals surface area contributed by atoms with Crippen molar-refractivity contribution in [3.63, 3.8) is 0 Å². The number of nitrogens with zero attached hydrogens (tertiary/aromatic N) is 1. The Morgan fingerprint density at radius 3 is 2.74 bits per heavy atom. The Kier molecular flexibility index (Phi) is 3.32. The Balaban J connectivity index is 2.02. The molecule has 3 aromatic rings. The van der Waals surface area contributed by atoms with Crippen molar-refractivity contribution < 1.29 is 5.11 Å². The lowest BCUT2D eigenvalue weighted by atomic mass is 10.1. The van der Waals surface area contributed by atoms with E-state index in [0.717, 1.165) is 15.4 Å². The van der Waals surface area contributed by atoms with Crippen molar-refractivity contribution in [2.45, 2.75) is 13.3 Å². The highest BCUT2D eigenvalue weighted by molar-refractivity contribution is 7.15. The van der Waals surface area contributed by atoms with Crippen molar-refractivity contribution in [2.75, 3.05) is 6.61 Å². The molecule has 3 rings (SSSR count). The third-order valence-corrected chi connectivity index (χ3v) is 4.26. The van der Waals surface area contributed by atoms with Gasteiger partial charge in [-0.05, 0) is 23.8 Å². The van der Waals surface area contributed by atoms with Gasteiger partial charge in [0.15, 0.2) is 0 Å². The number of aliphatic hydroxyl groups excluding tert-OH is 1. The lowest BCUT2D eigenvalue weighted by molar-refractivity contribution is 0.300. The van der Waals surface area contributed by atoms with Crippen LogP contribution in [0.1, 0.15) is 10.4 Å². The Morgan fingerprint density at radius 1 is 1.11 bits per heavy atom. The fraction of sp³-hybridized carbons (Fsp3) is 0.188. The second-order valence-electron chi connectivity index (χ2n) is 4.67. The molecule has 0 saturated carbocycles. The van der Waals surface area contributed by atoms with Crippen molar-refractivity contribution in [2.24, 2.45) is 0 Å². The molecule has 0 amide bonds. The summed E-state index contributed by atoms with van der Waals surface area (Å²) in [6, 6.07) is 12.9. The number of rotatable bonds is 3. The van der Waals surface area contributed by atoms with E-state index in [-0.39, 0.29) is 6.61 Å². The monoisotopic (exact) mass is 269 g/mol. The molecule has 0 fully saturated rings. The van der Waals surface area contributed by atoms with Gasteiger partial charge < -0.3 is 5.11 Å². The highest BCUT2D eigenvalue weighted by Crippen LogP contribution is 2.28. The van der Waals surface area contributed by atoms with Gasteiger partial charge in [0.1, 0.15) is 5.01 Å². The Labute approximate surface area is 116 Å². The fourth-order valence-electron chi connectivity index (χ4n) is 2.16. The molecule has 2 aromatic carbocycles. The van der Waals surface area contributed by atoms with E-state index < -0.39 is 0 Å². The molecule has 0 unspecified atom stereocenters. The van der Waals surface area contributed by atoms with Gasteiger partial charge in [0.05, 0.1) is 0 Å². The average molecular weight is 269 g/mol. The predicted molar refractivity (Wildman–Crippen MR) is 80.6 cm³/mol. The van der Waals surface area contributed by atoms with Crippen LogP contribution in [0.5, 0.6) is 0 Å². The summed E-state index contributed by atoms with van der Waals surface area (Å²) in [7, 11) is 0. The van der Waals surface area contributed by atoms with Gasteiger partial charge in [0.25, 0.3) is 0 Å². The summed E-state index contributed by atoms with van der Waals surface area (Å²) in [6.45, 7) is 2.29. The smallest absolute Gasteiger partial charge is 0.123 e. The normalized spacial score (nSPS) is 11.1. The SMILES string of the molecule is Cc1ccc2cc(-c3ncc(CCO)s3)ccc2c1. The Morgan fingerprint density at radius 2 is 1.89 bits per heavy atom. The summed E-state index contributed by atoms with van der Waals surface area (Å²) < 4.78 is 0. The minimum absolute atomic E-state index is 0.179.